The fourth-order valence-corrected chi connectivity index (χ4v) is 2.14. The minimum absolute atomic E-state index is 0. The maximum atomic E-state index is 12.5. The number of nitrogens with two attached hydrogens (primary N) is 1. The van der Waals surface area contributed by atoms with Crippen LogP contribution in [0.5, 0.6) is 0 Å². The lowest BCUT2D eigenvalue weighted by Gasteiger charge is -2.33. The Morgan fingerprint density at radius 3 is 2.61 bits per heavy atom. The monoisotopic (exact) mass is 337 g/mol. The average Bonchev–Trinajstić information content (AvgIpc) is 3.00. The first-order chi connectivity index (χ1) is 10.4. The number of carbonyl (C=O) groups excluding carboxylic acids is 1. The summed E-state index contributed by atoms with van der Waals surface area (Å²) in [5.74, 6) is 0.139. The third kappa shape index (κ3) is 4.09. The summed E-state index contributed by atoms with van der Waals surface area (Å²) >= 11 is 0. The highest BCUT2D eigenvalue weighted by Crippen LogP contribution is 2.18. The van der Waals surface area contributed by atoms with Crippen molar-refractivity contribution in [3.05, 3.63) is 42.0 Å². The second kappa shape index (κ2) is 7.57. The van der Waals surface area contributed by atoms with E-state index in [1.807, 2.05) is 39.8 Å². The Bertz CT molecular complexity index is 656. The van der Waals surface area contributed by atoms with Gasteiger partial charge in [-0.3, -0.25) is 4.79 Å². The van der Waals surface area contributed by atoms with Gasteiger partial charge < -0.3 is 11.1 Å². The van der Waals surface area contributed by atoms with Gasteiger partial charge in [-0.1, -0.05) is 13.8 Å². The van der Waals surface area contributed by atoms with Crippen LogP contribution >= 0.6 is 12.4 Å². The van der Waals surface area contributed by atoms with E-state index in [9.17, 15) is 4.79 Å². The minimum atomic E-state index is -0.423. The largest absolute Gasteiger partial charge is 0.345 e. The molecule has 1 aromatic heterocycles. The quantitative estimate of drug-likeness (QED) is 0.874. The van der Waals surface area contributed by atoms with E-state index in [-0.39, 0.29) is 24.2 Å². The SMILES string of the molecule is Cc1cc(-n2cncn2)ccc1C(=O)NC(C)(CN)C(C)C.Cl. The zero-order valence-electron chi connectivity index (χ0n) is 13.9. The molecule has 0 fully saturated rings. The van der Waals surface area contributed by atoms with E-state index >= 15 is 0 Å². The van der Waals surface area contributed by atoms with Gasteiger partial charge in [0.2, 0.25) is 0 Å². The van der Waals surface area contributed by atoms with Crippen molar-refractivity contribution in [2.24, 2.45) is 11.7 Å². The van der Waals surface area contributed by atoms with Crippen molar-refractivity contribution in [1.82, 2.24) is 20.1 Å². The van der Waals surface area contributed by atoms with Gasteiger partial charge in [-0.2, -0.15) is 5.10 Å². The molecule has 0 spiro atoms. The number of rotatable bonds is 5. The lowest BCUT2D eigenvalue weighted by Crippen LogP contribution is -2.55. The summed E-state index contributed by atoms with van der Waals surface area (Å²) in [6.07, 6.45) is 3.10. The van der Waals surface area contributed by atoms with Crippen LogP contribution in [0.2, 0.25) is 0 Å². The van der Waals surface area contributed by atoms with Crippen LogP contribution in [0.15, 0.2) is 30.9 Å². The number of hydrogen-bond donors (Lipinski definition) is 2. The maximum Gasteiger partial charge on any atom is 0.252 e. The van der Waals surface area contributed by atoms with Crippen LogP contribution in [0.3, 0.4) is 0 Å². The van der Waals surface area contributed by atoms with E-state index in [0.29, 0.717) is 12.1 Å². The molecule has 1 aromatic carbocycles. The Hall–Kier alpha value is -1.92. The topological polar surface area (TPSA) is 85.8 Å². The van der Waals surface area contributed by atoms with Crippen LogP contribution in [0, 0.1) is 12.8 Å². The first kappa shape index (κ1) is 19.1. The van der Waals surface area contributed by atoms with Crippen molar-refractivity contribution in [1.29, 1.82) is 0 Å². The number of hydrogen-bond acceptors (Lipinski definition) is 4. The van der Waals surface area contributed by atoms with Crippen molar-refractivity contribution < 1.29 is 4.79 Å². The zero-order valence-corrected chi connectivity index (χ0v) is 14.7. The number of nitrogens with one attached hydrogen (secondary N) is 1. The van der Waals surface area contributed by atoms with Gasteiger partial charge in [0.25, 0.3) is 5.91 Å². The molecule has 2 aromatic rings. The summed E-state index contributed by atoms with van der Waals surface area (Å²) in [6.45, 7) is 8.37. The fourth-order valence-electron chi connectivity index (χ4n) is 2.14. The molecule has 1 atom stereocenters. The molecule has 1 unspecified atom stereocenters. The standard InChI is InChI=1S/C16H23N5O.ClH/c1-11(2)16(4,8-17)20-15(22)14-6-5-13(7-12(14)3)21-10-18-9-19-21;/h5-7,9-11H,8,17H2,1-4H3,(H,20,22);1H. The van der Waals surface area contributed by atoms with E-state index in [4.69, 9.17) is 5.73 Å². The van der Waals surface area contributed by atoms with Gasteiger partial charge in [-0.05, 0) is 43.5 Å². The van der Waals surface area contributed by atoms with E-state index < -0.39 is 5.54 Å². The summed E-state index contributed by atoms with van der Waals surface area (Å²) < 4.78 is 1.66. The summed E-state index contributed by atoms with van der Waals surface area (Å²) in [5, 5.41) is 7.14. The van der Waals surface area contributed by atoms with Gasteiger partial charge in [-0.15, -0.1) is 12.4 Å². The average molecular weight is 338 g/mol. The molecule has 1 amide bonds. The third-order valence-electron chi connectivity index (χ3n) is 4.24. The highest BCUT2D eigenvalue weighted by molar-refractivity contribution is 5.96. The van der Waals surface area contributed by atoms with Gasteiger partial charge in [0.05, 0.1) is 11.2 Å². The van der Waals surface area contributed by atoms with E-state index in [0.717, 1.165) is 11.3 Å². The van der Waals surface area contributed by atoms with Crippen LogP contribution in [-0.2, 0) is 0 Å². The molecular formula is C16H24ClN5O. The number of nitrogens with zero attached hydrogens (tertiary/aromatic N) is 3. The Labute approximate surface area is 142 Å². The van der Waals surface area contributed by atoms with Crippen molar-refractivity contribution in [3.8, 4) is 5.69 Å². The van der Waals surface area contributed by atoms with E-state index in [2.05, 4.69) is 15.4 Å². The van der Waals surface area contributed by atoms with Crippen LogP contribution in [0.25, 0.3) is 5.69 Å². The van der Waals surface area contributed by atoms with Gasteiger partial charge in [0, 0.05) is 12.1 Å². The second-order valence-corrected chi connectivity index (χ2v) is 6.07. The first-order valence-corrected chi connectivity index (χ1v) is 7.35. The molecule has 0 saturated heterocycles. The van der Waals surface area contributed by atoms with Crippen molar-refractivity contribution in [2.45, 2.75) is 33.2 Å². The smallest absolute Gasteiger partial charge is 0.252 e. The molecule has 2 rings (SSSR count). The highest BCUT2D eigenvalue weighted by atomic mass is 35.5. The lowest BCUT2D eigenvalue weighted by molar-refractivity contribution is 0.0882. The summed E-state index contributed by atoms with van der Waals surface area (Å²) in [5.41, 5.74) is 7.80. The predicted molar refractivity (Wildman–Crippen MR) is 93.1 cm³/mol. The Kier molecular flexibility index (Phi) is 6.29. The third-order valence-corrected chi connectivity index (χ3v) is 4.24. The van der Waals surface area contributed by atoms with Crippen LogP contribution in [0.1, 0.15) is 36.7 Å². The number of halogens is 1. The van der Waals surface area contributed by atoms with Crippen molar-refractivity contribution in [2.75, 3.05) is 6.54 Å². The fraction of sp³-hybridized carbons (Fsp3) is 0.438. The molecule has 3 N–H and O–H groups in total. The molecule has 0 bridgehead atoms. The molecule has 0 radical (unpaired) electrons. The van der Waals surface area contributed by atoms with Crippen LogP contribution in [0.4, 0.5) is 0 Å². The van der Waals surface area contributed by atoms with Crippen LogP contribution < -0.4 is 11.1 Å². The molecule has 0 saturated carbocycles. The number of carbonyl (C=O) groups is 1. The van der Waals surface area contributed by atoms with Gasteiger partial charge >= 0.3 is 0 Å². The molecule has 126 valence electrons. The number of aryl methyl sites for hydroxylation is 1. The van der Waals surface area contributed by atoms with Crippen LogP contribution in [-0.4, -0.2) is 32.8 Å². The van der Waals surface area contributed by atoms with Gasteiger partial charge in [0.1, 0.15) is 12.7 Å². The van der Waals surface area contributed by atoms with E-state index in [1.165, 1.54) is 6.33 Å². The van der Waals surface area contributed by atoms with Crippen molar-refractivity contribution >= 4 is 18.3 Å². The first-order valence-electron chi connectivity index (χ1n) is 7.35. The van der Waals surface area contributed by atoms with Crippen molar-refractivity contribution in [3.63, 3.8) is 0 Å². The number of aromatic nitrogens is 3. The molecule has 0 aliphatic rings. The summed E-state index contributed by atoms with van der Waals surface area (Å²) in [6, 6.07) is 5.57. The molecule has 23 heavy (non-hydrogen) atoms. The predicted octanol–water partition coefficient (Wildman–Crippen LogP) is 2.10. The van der Waals surface area contributed by atoms with E-state index in [1.54, 1.807) is 17.1 Å². The Balaban J connectivity index is 0.00000264. The molecule has 7 heteroatoms. The number of amides is 1. The number of benzene rings is 1. The second-order valence-electron chi connectivity index (χ2n) is 6.07. The lowest BCUT2D eigenvalue weighted by atomic mass is 9.88. The molecule has 0 aliphatic heterocycles. The molecule has 6 nitrogen and oxygen atoms in total. The normalized spacial score (nSPS) is 13.3. The highest BCUT2D eigenvalue weighted by Gasteiger charge is 2.29. The van der Waals surface area contributed by atoms with Gasteiger partial charge in [0.15, 0.2) is 0 Å². The molecule has 1 heterocycles. The zero-order chi connectivity index (χ0) is 16.3. The minimum Gasteiger partial charge on any atom is -0.345 e. The Morgan fingerprint density at radius 2 is 2.13 bits per heavy atom. The molecular weight excluding hydrogens is 314 g/mol. The summed E-state index contributed by atoms with van der Waals surface area (Å²) in [4.78, 5) is 16.5. The molecule has 0 aliphatic carbocycles. The Morgan fingerprint density at radius 1 is 1.43 bits per heavy atom. The van der Waals surface area contributed by atoms with Gasteiger partial charge in [-0.25, -0.2) is 9.67 Å². The maximum absolute atomic E-state index is 12.5. The summed E-state index contributed by atoms with van der Waals surface area (Å²) in [7, 11) is 0.